The van der Waals surface area contributed by atoms with Gasteiger partial charge in [-0.25, -0.2) is 0 Å². The fourth-order valence-electron chi connectivity index (χ4n) is 2.42. The van der Waals surface area contributed by atoms with Crippen LogP contribution in [0.1, 0.15) is 18.6 Å². The number of nitrogens with one attached hydrogen (secondary N) is 2. The van der Waals surface area contributed by atoms with Crippen LogP contribution in [-0.4, -0.2) is 49.2 Å². The lowest BCUT2D eigenvalue weighted by atomic mass is 9.98. The molecule has 106 valence electrons. The van der Waals surface area contributed by atoms with E-state index in [0.29, 0.717) is 24.0 Å². The molecule has 6 nitrogen and oxygen atoms in total. The SMILES string of the molecule is Cc1cc(NC(=O)CN(C)CC2CCNCC2)no1. The average Bonchev–Trinajstić information content (AvgIpc) is 2.75. The van der Waals surface area contributed by atoms with Crippen LogP contribution in [0.5, 0.6) is 0 Å². The summed E-state index contributed by atoms with van der Waals surface area (Å²) in [5.41, 5.74) is 0. The molecule has 1 aromatic rings. The lowest BCUT2D eigenvalue weighted by Crippen LogP contribution is -2.37. The summed E-state index contributed by atoms with van der Waals surface area (Å²) >= 11 is 0. The number of aryl methyl sites for hydroxylation is 1. The highest BCUT2D eigenvalue weighted by molar-refractivity contribution is 5.91. The van der Waals surface area contributed by atoms with Crippen molar-refractivity contribution in [3.63, 3.8) is 0 Å². The minimum Gasteiger partial charge on any atom is -0.360 e. The molecule has 1 saturated heterocycles. The van der Waals surface area contributed by atoms with E-state index in [-0.39, 0.29) is 5.91 Å². The number of hydrogen-bond donors (Lipinski definition) is 2. The van der Waals surface area contributed by atoms with Crippen molar-refractivity contribution in [2.45, 2.75) is 19.8 Å². The van der Waals surface area contributed by atoms with Crippen LogP contribution in [0.25, 0.3) is 0 Å². The molecule has 2 N–H and O–H groups in total. The fourth-order valence-corrected chi connectivity index (χ4v) is 2.42. The monoisotopic (exact) mass is 266 g/mol. The second-order valence-electron chi connectivity index (χ2n) is 5.26. The molecule has 2 heterocycles. The van der Waals surface area contributed by atoms with E-state index in [1.54, 1.807) is 13.0 Å². The zero-order chi connectivity index (χ0) is 13.7. The first-order chi connectivity index (χ1) is 9.13. The van der Waals surface area contributed by atoms with Gasteiger partial charge in [0.1, 0.15) is 5.76 Å². The topological polar surface area (TPSA) is 70.4 Å². The lowest BCUT2D eigenvalue weighted by molar-refractivity contribution is -0.117. The molecule has 1 aliphatic rings. The Morgan fingerprint density at radius 2 is 2.32 bits per heavy atom. The number of aromatic nitrogens is 1. The molecule has 0 unspecified atom stereocenters. The Labute approximate surface area is 113 Å². The van der Waals surface area contributed by atoms with E-state index >= 15 is 0 Å². The van der Waals surface area contributed by atoms with E-state index in [0.717, 1.165) is 19.6 Å². The third kappa shape index (κ3) is 4.65. The van der Waals surface area contributed by atoms with Gasteiger partial charge in [0.25, 0.3) is 0 Å². The Balaban J connectivity index is 1.71. The van der Waals surface area contributed by atoms with Gasteiger partial charge in [0.2, 0.25) is 5.91 Å². The zero-order valence-electron chi connectivity index (χ0n) is 11.6. The molecule has 1 fully saturated rings. The van der Waals surface area contributed by atoms with Crippen molar-refractivity contribution in [3.8, 4) is 0 Å². The molecule has 0 saturated carbocycles. The number of anilines is 1. The molecule has 0 radical (unpaired) electrons. The molecule has 6 heteroatoms. The Hall–Kier alpha value is -1.40. The van der Waals surface area contributed by atoms with Crippen molar-refractivity contribution in [1.29, 1.82) is 0 Å². The highest BCUT2D eigenvalue weighted by atomic mass is 16.5. The molecule has 1 amide bonds. The van der Waals surface area contributed by atoms with Gasteiger partial charge in [-0.1, -0.05) is 5.16 Å². The zero-order valence-corrected chi connectivity index (χ0v) is 11.6. The summed E-state index contributed by atoms with van der Waals surface area (Å²) in [6.07, 6.45) is 2.38. The fraction of sp³-hybridized carbons (Fsp3) is 0.692. The molecule has 1 aromatic heterocycles. The van der Waals surface area contributed by atoms with Gasteiger partial charge in [-0.3, -0.25) is 9.69 Å². The van der Waals surface area contributed by atoms with E-state index < -0.39 is 0 Å². The molecular formula is C13H22N4O2. The van der Waals surface area contributed by atoms with Crippen molar-refractivity contribution >= 4 is 11.7 Å². The lowest BCUT2D eigenvalue weighted by Gasteiger charge is -2.27. The second kappa shape index (κ2) is 6.68. The Morgan fingerprint density at radius 3 is 2.95 bits per heavy atom. The van der Waals surface area contributed by atoms with E-state index in [1.165, 1.54) is 12.8 Å². The summed E-state index contributed by atoms with van der Waals surface area (Å²) < 4.78 is 4.91. The minimum absolute atomic E-state index is 0.0512. The Bertz CT molecular complexity index is 413. The van der Waals surface area contributed by atoms with Gasteiger partial charge in [-0.15, -0.1) is 0 Å². The van der Waals surface area contributed by atoms with E-state index in [1.807, 2.05) is 7.05 Å². The van der Waals surface area contributed by atoms with Crippen LogP contribution in [0.2, 0.25) is 0 Å². The van der Waals surface area contributed by atoms with Crippen LogP contribution >= 0.6 is 0 Å². The summed E-state index contributed by atoms with van der Waals surface area (Å²) in [5.74, 6) is 1.81. The van der Waals surface area contributed by atoms with Crippen LogP contribution in [0.15, 0.2) is 10.6 Å². The molecule has 0 aliphatic carbocycles. The van der Waals surface area contributed by atoms with Gasteiger partial charge in [-0.05, 0) is 45.8 Å². The van der Waals surface area contributed by atoms with Crippen LogP contribution in [0, 0.1) is 12.8 Å². The summed E-state index contributed by atoms with van der Waals surface area (Å²) in [6, 6.07) is 1.71. The standard InChI is InChI=1S/C13H22N4O2/c1-10-7-12(16-19-10)15-13(18)9-17(2)8-11-3-5-14-6-4-11/h7,11,14H,3-6,8-9H2,1-2H3,(H,15,16,18). The quantitative estimate of drug-likeness (QED) is 0.827. The summed E-state index contributed by atoms with van der Waals surface area (Å²) in [6.45, 7) is 5.32. The van der Waals surface area contributed by atoms with Crippen molar-refractivity contribution in [2.24, 2.45) is 5.92 Å². The number of piperidine rings is 1. The normalized spacial score (nSPS) is 16.8. The Morgan fingerprint density at radius 1 is 1.58 bits per heavy atom. The molecule has 0 aromatic carbocycles. The summed E-state index contributed by atoms with van der Waals surface area (Å²) in [7, 11) is 1.98. The number of hydrogen-bond acceptors (Lipinski definition) is 5. The number of likely N-dealkylation sites (N-methyl/N-ethyl adjacent to an activating group) is 1. The molecule has 19 heavy (non-hydrogen) atoms. The first kappa shape index (κ1) is 14.0. The van der Waals surface area contributed by atoms with Crippen molar-refractivity contribution in [1.82, 2.24) is 15.4 Å². The molecule has 0 bridgehead atoms. The largest absolute Gasteiger partial charge is 0.360 e. The minimum atomic E-state index is -0.0512. The first-order valence-electron chi connectivity index (χ1n) is 6.76. The van der Waals surface area contributed by atoms with Crippen LogP contribution in [0.3, 0.4) is 0 Å². The average molecular weight is 266 g/mol. The number of rotatable bonds is 5. The summed E-state index contributed by atoms with van der Waals surface area (Å²) in [5, 5.41) is 9.83. The maximum absolute atomic E-state index is 11.8. The van der Waals surface area contributed by atoms with Gasteiger partial charge in [0.15, 0.2) is 5.82 Å². The molecular weight excluding hydrogens is 244 g/mol. The third-order valence-corrected chi connectivity index (χ3v) is 3.34. The third-order valence-electron chi connectivity index (χ3n) is 3.34. The highest BCUT2D eigenvalue weighted by Crippen LogP contribution is 2.12. The molecule has 1 aliphatic heterocycles. The van der Waals surface area contributed by atoms with Crippen LogP contribution in [0.4, 0.5) is 5.82 Å². The molecule has 0 spiro atoms. The van der Waals surface area contributed by atoms with E-state index in [4.69, 9.17) is 4.52 Å². The number of carbonyl (C=O) groups excluding carboxylic acids is 1. The number of amides is 1. The molecule has 0 atom stereocenters. The van der Waals surface area contributed by atoms with Gasteiger partial charge >= 0.3 is 0 Å². The highest BCUT2D eigenvalue weighted by Gasteiger charge is 2.16. The van der Waals surface area contributed by atoms with Gasteiger partial charge in [0, 0.05) is 12.6 Å². The van der Waals surface area contributed by atoms with Gasteiger partial charge in [-0.2, -0.15) is 0 Å². The predicted molar refractivity (Wildman–Crippen MR) is 73.0 cm³/mol. The van der Waals surface area contributed by atoms with E-state index in [9.17, 15) is 4.79 Å². The van der Waals surface area contributed by atoms with Crippen molar-refractivity contribution < 1.29 is 9.32 Å². The molecule has 2 rings (SSSR count). The Kier molecular flexibility index (Phi) is 4.93. The van der Waals surface area contributed by atoms with Crippen LogP contribution in [-0.2, 0) is 4.79 Å². The first-order valence-corrected chi connectivity index (χ1v) is 6.76. The number of nitrogens with zero attached hydrogens (tertiary/aromatic N) is 2. The van der Waals surface area contributed by atoms with Crippen molar-refractivity contribution in [2.75, 3.05) is 38.5 Å². The smallest absolute Gasteiger partial charge is 0.239 e. The maximum Gasteiger partial charge on any atom is 0.239 e. The predicted octanol–water partition coefficient (Wildman–Crippen LogP) is 0.853. The van der Waals surface area contributed by atoms with E-state index in [2.05, 4.69) is 20.7 Å². The summed E-state index contributed by atoms with van der Waals surface area (Å²) in [4.78, 5) is 13.9. The van der Waals surface area contributed by atoms with Crippen LogP contribution < -0.4 is 10.6 Å². The maximum atomic E-state index is 11.8. The number of carbonyl (C=O) groups is 1. The van der Waals surface area contributed by atoms with Gasteiger partial charge in [0.05, 0.1) is 6.54 Å². The second-order valence-corrected chi connectivity index (χ2v) is 5.26. The van der Waals surface area contributed by atoms with Gasteiger partial charge < -0.3 is 15.2 Å². The van der Waals surface area contributed by atoms with Crippen molar-refractivity contribution in [3.05, 3.63) is 11.8 Å².